The number of aliphatic hydroxyl groups excluding tert-OH is 3. The fourth-order valence-electron chi connectivity index (χ4n) is 2.68. The van der Waals surface area contributed by atoms with E-state index in [1.165, 1.54) is 4.57 Å². The lowest BCUT2D eigenvalue weighted by atomic mass is 10.1. The zero-order chi connectivity index (χ0) is 16.9. The Balaban J connectivity index is 2.25. The number of hydrogen-bond donors (Lipinski definition) is 5. The standard InChI is InChI=1S/C12H14ClN5O5/c13-8-4(10(15)22)5-9(14)16-2-17-11(5)18(8)12-7(21)6(20)3(1-19)23-12/h2-3,6-7,12,19-21H,1H2,(H2,15,22)(H2,14,16,17)/t3-,6-,7-,12-/m1/s1. The maximum atomic E-state index is 11.7. The van der Waals surface area contributed by atoms with Gasteiger partial charge in [0.1, 0.15) is 41.3 Å². The minimum absolute atomic E-state index is 0.0174. The van der Waals surface area contributed by atoms with Gasteiger partial charge in [0.15, 0.2) is 6.23 Å². The Kier molecular flexibility index (Phi) is 3.86. The van der Waals surface area contributed by atoms with Crippen molar-refractivity contribution in [3.8, 4) is 0 Å². The number of aromatic nitrogens is 3. The Labute approximate surface area is 134 Å². The molecular weight excluding hydrogens is 330 g/mol. The average Bonchev–Trinajstić information content (AvgIpc) is 2.95. The molecule has 0 saturated carbocycles. The third kappa shape index (κ3) is 2.23. The van der Waals surface area contributed by atoms with Gasteiger partial charge in [-0.25, -0.2) is 9.97 Å². The van der Waals surface area contributed by atoms with Crippen LogP contribution in [0.2, 0.25) is 5.15 Å². The van der Waals surface area contributed by atoms with Crippen molar-refractivity contribution in [2.45, 2.75) is 24.5 Å². The van der Waals surface area contributed by atoms with E-state index in [0.29, 0.717) is 0 Å². The van der Waals surface area contributed by atoms with Crippen LogP contribution in [0.4, 0.5) is 5.82 Å². The first-order valence-electron chi connectivity index (χ1n) is 6.60. The second kappa shape index (κ2) is 5.58. The van der Waals surface area contributed by atoms with Crippen LogP contribution < -0.4 is 11.5 Å². The summed E-state index contributed by atoms with van der Waals surface area (Å²) >= 11 is 6.21. The smallest absolute Gasteiger partial charge is 0.252 e. The van der Waals surface area contributed by atoms with E-state index in [9.17, 15) is 20.1 Å². The van der Waals surface area contributed by atoms with Crippen LogP contribution in [0.1, 0.15) is 16.6 Å². The number of aliphatic hydroxyl groups is 3. The lowest BCUT2D eigenvalue weighted by molar-refractivity contribution is -0.0507. The van der Waals surface area contributed by atoms with Gasteiger partial charge in [-0.15, -0.1) is 0 Å². The van der Waals surface area contributed by atoms with Gasteiger partial charge in [0.05, 0.1) is 17.6 Å². The van der Waals surface area contributed by atoms with Gasteiger partial charge in [-0.3, -0.25) is 9.36 Å². The minimum Gasteiger partial charge on any atom is -0.394 e. The number of rotatable bonds is 3. The number of nitrogens with zero attached hydrogens (tertiary/aromatic N) is 3. The van der Waals surface area contributed by atoms with Gasteiger partial charge >= 0.3 is 0 Å². The number of fused-ring (bicyclic) bond motifs is 1. The number of hydrogen-bond acceptors (Lipinski definition) is 8. The lowest BCUT2D eigenvalue weighted by Gasteiger charge is -2.18. The molecular formula is C12H14ClN5O5. The zero-order valence-electron chi connectivity index (χ0n) is 11.6. The summed E-state index contributed by atoms with van der Waals surface area (Å²) in [5.41, 5.74) is 11.1. The largest absolute Gasteiger partial charge is 0.394 e. The zero-order valence-corrected chi connectivity index (χ0v) is 12.4. The van der Waals surface area contributed by atoms with Crippen molar-refractivity contribution in [3.05, 3.63) is 17.0 Å². The van der Waals surface area contributed by atoms with Crippen LogP contribution >= 0.6 is 11.6 Å². The third-order valence-corrected chi connectivity index (χ3v) is 4.14. The van der Waals surface area contributed by atoms with E-state index >= 15 is 0 Å². The van der Waals surface area contributed by atoms with Gasteiger partial charge in [-0.2, -0.15) is 0 Å². The molecule has 10 nitrogen and oxygen atoms in total. The number of carbonyl (C=O) groups is 1. The van der Waals surface area contributed by atoms with Gasteiger partial charge in [0.25, 0.3) is 5.91 Å². The van der Waals surface area contributed by atoms with Gasteiger partial charge in [0.2, 0.25) is 0 Å². The summed E-state index contributed by atoms with van der Waals surface area (Å²) in [5.74, 6) is -0.872. The van der Waals surface area contributed by atoms with Crippen LogP contribution in [0.5, 0.6) is 0 Å². The second-order valence-electron chi connectivity index (χ2n) is 5.09. The summed E-state index contributed by atoms with van der Waals surface area (Å²) in [6, 6.07) is 0. The molecule has 0 aromatic carbocycles. The first kappa shape index (κ1) is 15.9. The molecule has 2 aromatic heterocycles. The summed E-state index contributed by atoms with van der Waals surface area (Å²) in [4.78, 5) is 19.5. The number of nitrogen functional groups attached to an aromatic ring is 1. The molecule has 0 bridgehead atoms. The molecule has 0 radical (unpaired) electrons. The molecule has 1 aliphatic heterocycles. The summed E-state index contributed by atoms with van der Waals surface area (Å²) < 4.78 is 6.61. The molecule has 23 heavy (non-hydrogen) atoms. The number of halogens is 1. The molecule has 1 saturated heterocycles. The van der Waals surface area contributed by atoms with Crippen molar-refractivity contribution in [1.29, 1.82) is 0 Å². The topological polar surface area (TPSA) is 170 Å². The second-order valence-corrected chi connectivity index (χ2v) is 5.44. The fourth-order valence-corrected chi connectivity index (χ4v) is 3.04. The predicted molar refractivity (Wildman–Crippen MR) is 78.5 cm³/mol. The number of nitrogens with two attached hydrogens (primary N) is 2. The third-order valence-electron chi connectivity index (χ3n) is 3.77. The molecule has 0 unspecified atom stereocenters. The van der Waals surface area contributed by atoms with E-state index in [4.69, 9.17) is 27.8 Å². The van der Waals surface area contributed by atoms with Crippen LogP contribution in [-0.2, 0) is 4.74 Å². The monoisotopic (exact) mass is 343 g/mol. The molecule has 3 heterocycles. The molecule has 7 N–H and O–H groups in total. The molecule has 1 amide bonds. The predicted octanol–water partition coefficient (Wildman–Crippen LogP) is -1.62. The van der Waals surface area contributed by atoms with Gasteiger partial charge in [-0.05, 0) is 0 Å². The van der Waals surface area contributed by atoms with E-state index in [2.05, 4.69) is 9.97 Å². The summed E-state index contributed by atoms with van der Waals surface area (Å²) in [6.45, 7) is -0.509. The highest BCUT2D eigenvalue weighted by atomic mass is 35.5. The minimum atomic E-state index is -1.41. The SMILES string of the molecule is NC(=O)c1c(Cl)n([C@@H]2O[C@H](CO)[C@@H](O)[C@H]2O)c2ncnc(N)c12. The summed E-state index contributed by atoms with van der Waals surface area (Å²) in [7, 11) is 0. The summed E-state index contributed by atoms with van der Waals surface area (Å²) in [5, 5.41) is 29.2. The molecule has 2 aromatic rings. The maximum Gasteiger partial charge on any atom is 0.252 e. The van der Waals surface area contributed by atoms with Crippen molar-refractivity contribution < 1.29 is 24.9 Å². The van der Waals surface area contributed by atoms with Crippen LogP contribution in [-0.4, -0.2) is 60.7 Å². The van der Waals surface area contributed by atoms with Crippen LogP contribution in [0.15, 0.2) is 6.33 Å². The highest BCUT2D eigenvalue weighted by Crippen LogP contribution is 2.39. The van der Waals surface area contributed by atoms with Crippen LogP contribution in [0, 0.1) is 0 Å². The van der Waals surface area contributed by atoms with E-state index in [-0.39, 0.29) is 27.6 Å². The van der Waals surface area contributed by atoms with Crippen LogP contribution in [0.3, 0.4) is 0 Å². The number of carbonyl (C=O) groups excluding carboxylic acids is 1. The molecule has 0 spiro atoms. The highest BCUT2D eigenvalue weighted by molar-refractivity contribution is 6.35. The highest BCUT2D eigenvalue weighted by Gasteiger charge is 2.45. The van der Waals surface area contributed by atoms with Gasteiger partial charge in [0, 0.05) is 0 Å². The van der Waals surface area contributed by atoms with Gasteiger partial charge in [-0.1, -0.05) is 11.6 Å². The molecule has 1 aliphatic rings. The lowest BCUT2D eigenvalue weighted by Crippen LogP contribution is -2.33. The molecule has 124 valence electrons. The van der Waals surface area contributed by atoms with E-state index in [1.54, 1.807) is 0 Å². The molecule has 0 aliphatic carbocycles. The van der Waals surface area contributed by atoms with Crippen molar-refractivity contribution in [2.75, 3.05) is 12.3 Å². The van der Waals surface area contributed by atoms with Crippen LogP contribution in [0.25, 0.3) is 11.0 Å². The maximum absolute atomic E-state index is 11.7. The first-order valence-corrected chi connectivity index (χ1v) is 6.98. The Morgan fingerprint density at radius 2 is 2.09 bits per heavy atom. The number of anilines is 1. The average molecular weight is 344 g/mol. The molecule has 11 heteroatoms. The quantitative estimate of drug-likeness (QED) is 0.442. The first-order chi connectivity index (χ1) is 10.9. The molecule has 3 rings (SSSR count). The van der Waals surface area contributed by atoms with E-state index < -0.39 is 37.1 Å². The van der Waals surface area contributed by atoms with Crippen molar-refractivity contribution in [2.24, 2.45) is 5.73 Å². The molecule has 4 atom stereocenters. The Bertz CT molecular complexity index is 781. The van der Waals surface area contributed by atoms with E-state index in [0.717, 1.165) is 6.33 Å². The van der Waals surface area contributed by atoms with Crippen molar-refractivity contribution >= 4 is 34.4 Å². The Hall–Kier alpha value is -1.98. The number of primary amides is 1. The Morgan fingerprint density at radius 3 is 2.65 bits per heavy atom. The Morgan fingerprint density at radius 1 is 1.39 bits per heavy atom. The van der Waals surface area contributed by atoms with E-state index in [1.807, 2.05) is 0 Å². The summed E-state index contributed by atoms with van der Waals surface area (Å²) in [6.07, 6.45) is -3.79. The number of ether oxygens (including phenoxy) is 1. The van der Waals surface area contributed by atoms with Crippen molar-refractivity contribution in [1.82, 2.24) is 14.5 Å². The number of amides is 1. The van der Waals surface area contributed by atoms with Crippen molar-refractivity contribution in [3.63, 3.8) is 0 Å². The molecule has 1 fully saturated rings. The fraction of sp³-hybridized carbons (Fsp3) is 0.417. The van der Waals surface area contributed by atoms with Gasteiger partial charge < -0.3 is 31.5 Å². The normalized spacial score (nSPS) is 27.7.